The van der Waals surface area contributed by atoms with E-state index in [-0.39, 0.29) is 30.8 Å². The number of hydrogen-bond acceptors (Lipinski definition) is 5. The van der Waals surface area contributed by atoms with Crippen molar-refractivity contribution in [2.24, 2.45) is 0 Å². The zero-order valence-corrected chi connectivity index (χ0v) is 20.4. The highest BCUT2D eigenvalue weighted by Crippen LogP contribution is 2.35. The molecular weight excluding hydrogens is 475 g/mol. The van der Waals surface area contributed by atoms with E-state index in [9.17, 15) is 19.1 Å². The van der Waals surface area contributed by atoms with Crippen molar-refractivity contribution >= 4 is 41.6 Å². The smallest absolute Gasteiger partial charge is 0.256 e. The number of H-pyrrole nitrogens is 1. The van der Waals surface area contributed by atoms with Gasteiger partial charge in [0, 0.05) is 55.4 Å². The van der Waals surface area contributed by atoms with Crippen LogP contribution in [0.2, 0.25) is 0 Å². The molecule has 2 aromatic rings. The Hall–Kier alpha value is -2.72. The maximum absolute atomic E-state index is 13.8. The SMILES string of the molecule is Cc1c(C=C2C(=O)Nc3ccc(F)cc32)[nH]c2c1C(=O)N(CC(O)CN1CCOCC1)CCC2.Cl. The van der Waals surface area contributed by atoms with Gasteiger partial charge in [-0.1, -0.05) is 0 Å². The van der Waals surface area contributed by atoms with Gasteiger partial charge in [0.05, 0.1) is 30.5 Å². The first kappa shape index (κ1) is 25.4. The van der Waals surface area contributed by atoms with E-state index in [1.807, 2.05) is 6.92 Å². The number of rotatable bonds is 5. The molecule has 4 heterocycles. The molecule has 1 aromatic carbocycles. The Kier molecular flexibility index (Phi) is 7.61. The Morgan fingerprint density at radius 2 is 1.97 bits per heavy atom. The first-order valence-electron chi connectivity index (χ1n) is 11.7. The monoisotopic (exact) mass is 504 g/mol. The largest absolute Gasteiger partial charge is 0.390 e. The van der Waals surface area contributed by atoms with E-state index in [0.717, 1.165) is 30.8 Å². The Labute approximate surface area is 209 Å². The van der Waals surface area contributed by atoms with E-state index in [2.05, 4.69) is 15.2 Å². The molecule has 3 N–H and O–H groups in total. The van der Waals surface area contributed by atoms with Gasteiger partial charge in [0.25, 0.3) is 11.8 Å². The number of carbonyl (C=O) groups excluding carboxylic acids is 2. The Balaban J connectivity index is 0.00000289. The molecular formula is C25H30ClFN4O4. The minimum atomic E-state index is -0.641. The summed E-state index contributed by atoms with van der Waals surface area (Å²) in [5, 5.41) is 13.4. The maximum atomic E-state index is 13.8. The lowest BCUT2D eigenvalue weighted by molar-refractivity contribution is -0.110. The predicted molar refractivity (Wildman–Crippen MR) is 133 cm³/mol. The highest BCUT2D eigenvalue weighted by molar-refractivity contribution is 6.34. The minimum Gasteiger partial charge on any atom is -0.390 e. The summed E-state index contributed by atoms with van der Waals surface area (Å²) >= 11 is 0. The van der Waals surface area contributed by atoms with Crippen LogP contribution >= 0.6 is 12.4 Å². The van der Waals surface area contributed by atoms with Crippen molar-refractivity contribution in [3.8, 4) is 0 Å². The van der Waals surface area contributed by atoms with Gasteiger partial charge in [-0.15, -0.1) is 12.4 Å². The molecule has 8 nitrogen and oxygen atoms in total. The third-order valence-electron chi connectivity index (χ3n) is 6.78. The molecule has 1 atom stereocenters. The van der Waals surface area contributed by atoms with E-state index >= 15 is 0 Å². The molecule has 0 aliphatic carbocycles. The van der Waals surface area contributed by atoms with Crippen LogP contribution in [0.25, 0.3) is 11.6 Å². The second kappa shape index (κ2) is 10.5. The van der Waals surface area contributed by atoms with Crippen LogP contribution in [-0.4, -0.2) is 83.7 Å². The number of aryl methyl sites for hydroxylation is 1. The molecule has 0 saturated carbocycles. The Morgan fingerprint density at radius 1 is 1.20 bits per heavy atom. The third-order valence-corrected chi connectivity index (χ3v) is 6.78. The fourth-order valence-electron chi connectivity index (χ4n) is 5.02. The first-order chi connectivity index (χ1) is 16.4. The molecule has 10 heteroatoms. The molecule has 35 heavy (non-hydrogen) atoms. The van der Waals surface area contributed by atoms with Gasteiger partial charge < -0.3 is 25.0 Å². The number of benzene rings is 1. The highest BCUT2D eigenvalue weighted by atomic mass is 35.5. The fraction of sp³-hybridized carbons (Fsp3) is 0.440. The number of ether oxygens (including phenoxy) is 1. The fourth-order valence-corrected chi connectivity index (χ4v) is 5.02. The molecule has 2 amide bonds. The lowest BCUT2D eigenvalue weighted by Gasteiger charge is -2.31. The molecule has 3 aliphatic heterocycles. The van der Waals surface area contributed by atoms with Gasteiger partial charge in [0.15, 0.2) is 0 Å². The average Bonchev–Trinajstić information content (AvgIpc) is 3.23. The standard InChI is InChI=1S/C25H29FN4O4.ClH/c1-15-22(12-19-18-11-16(26)4-5-20(18)28-24(19)32)27-21-3-2-6-30(25(33)23(15)21)14-17(31)13-29-7-9-34-10-8-29;/h4-5,11-12,17,27,31H,2-3,6-10,13-14H2,1H3,(H,28,32);1H. The molecule has 188 valence electrons. The summed E-state index contributed by atoms with van der Waals surface area (Å²) in [5.41, 5.74) is 4.28. The molecule has 0 spiro atoms. The van der Waals surface area contributed by atoms with Gasteiger partial charge in [-0.25, -0.2) is 4.39 Å². The molecule has 1 aromatic heterocycles. The van der Waals surface area contributed by atoms with Crippen molar-refractivity contribution in [1.29, 1.82) is 0 Å². The van der Waals surface area contributed by atoms with E-state index < -0.39 is 11.9 Å². The zero-order chi connectivity index (χ0) is 23.8. The number of halogens is 2. The van der Waals surface area contributed by atoms with Crippen molar-refractivity contribution in [1.82, 2.24) is 14.8 Å². The van der Waals surface area contributed by atoms with Gasteiger partial charge in [0.1, 0.15) is 5.82 Å². The number of aromatic amines is 1. The summed E-state index contributed by atoms with van der Waals surface area (Å²) in [6.45, 7) is 6.10. The summed E-state index contributed by atoms with van der Waals surface area (Å²) in [7, 11) is 0. The predicted octanol–water partition coefficient (Wildman–Crippen LogP) is 2.46. The van der Waals surface area contributed by atoms with Gasteiger partial charge in [-0.3, -0.25) is 14.5 Å². The lowest BCUT2D eigenvalue weighted by atomic mass is 10.0. The zero-order valence-electron chi connectivity index (χ0n) is 19.6. The number of β-amino-alcohol motifs (C(OH)–C–C–N with tert-alkyl or cyclic N) is 1. The van der Waals surface area contributed by atoms with Crippen molar-refractivity contribution in [3.05, 3.63) is 52.1 Å². The number of nitrogens with one attached hydrogen (secondary N) is 2. The number of nitrogens with zero attached hydrogens (tertiary/aromatic N) is 2. The van der Waals surface area contributed by atoms with E-state index in [4.69, 9.17) is 4.74 Å². The van der Waals surface area contributed by atoms with E-state index in [0.29, 0.717) is 60.8 Å². The van der Waals surface area contributed by atoms with Crippen LogP contribution in [0.4, 0.5) is 10.1 Å². The summed E-state index contributed by atoms with van der Waals surface area (Å²) in [5.74, 6) is -0.833. The third kappa shape index (κ3) is 5.13. The number of amides is 2. The Bertz CT molecular complexity index is 1160. The van der Waals surface area contributed by atoms with Crippen molar-refractivity contribution in [3.63, 3.8) is 0 Å². The second-order valence-corrected chi connectivity index (χ2v) is 9.14. The molecule has 0 radical (unpaired) electrons. The summed E-state index contributed by atoms with van der Waals surface area (Å²) < 4.78 is 19.2. The van der Waals surface area contributed by atoms with Crippen LogP contribution in [0, 0.1) is 12.7 Å². The number of morpholine rings is 1. The van der Waals surface area contributed by atoms with Crippen molar-refractivity contribution in [2.75, 3.05) is 51.3 Å². The van der Waals surface area contributed by atoms with Gasteiger partial charge in [-0.05, 0) is 49.6 Å². The van der Waals surface area contributed by atoms with Crippen LogP contribution in [-0.2, 0) is 16.0 Å². The van der Waals surface area contributed by atoms with Crippen LogP contribution in [0.3, 0.4) is 0 Å². The topological polar surface area (TPSA) is 97.9 Å². The lowest BCUT2D eigenvalue weighted by Crippen LogP contribution is -2.46. The maximum Gasteiger partial charge on any atom is 0.256 e. The number of carbonyl (C=O) groups is 2. The number of aliphatic hydroxyl groups is 1. The van der Waals surface area contributed by atoms with E-state index in [1.165, 1.54) is 12.1 Å². The number of aromatic nitrogens is 1. The second-order valence-electron chi connectivity index (χ2n) is 9.14. The summed E-state index contributed by atoms with van der Waals surface area (Å²) in [4.78, 5) is 33.2. The van der Waals surface area contributed by atoms with Gasteiger partial charge in [-0.2, -0.15) is 0 Å². The summed E-state index contributed by atoms with van der Waals surface area (Å²) in [6.07, 6.45) is 2.51. The van der Waals surface area contributed by atoms with E-state index in [1.54, 1.807) is 17.0 Å². The molecule has 1 fully saturated rings. The normalized spacial score (nSPS) is 20.2. The van der Waals surface area contributed by atoms with Crippen molar-refractivity contribution in [2.45, 2.75) is 25.9 Å². The van der Waals surface area contributed by atoms with Gasteiger partial charge >= 0.3 is 0 Å². The number of fused-ring (bicyclic) bond motifs is 2. The highest BCUT2D eigenvalue weighted by Gasteiger charge is 2.30. The van der Waals surface area contributed by atoms with Crippen LogP contribution in [0.5, 0.6) is 0 Å². The van der Waals surface area contributed by atoms with Crippen LogP contribution in [0.15, 0.2) is 18.2 Å². The molecule has 0 bridgehead atoms. The quantitative estimate of drug-likeness (QED) is 0.543. The molecule has 5 rings (SSSR count). The molecule has 1 saturated heterocycles. The summed E-state index contributed by atoms with van der Waals surface area (Å²) in [6, 6.07) is 4.19. The number of hydrogen-bond donors (Lipinski definition) is 3. The van der Waals surface area contributed by atoms with Crippen LogP contribution in [0.1, 0.15) is 39.3 Å². The van der Waals surface area contributed by atoms with Crippen LogP contribution < -0.4 is 5.32 Å². The van der Waals surface area contributed by atoms with Crippen molar-refractivity contribution < 1.29 is 23.8 Å². The molecule has 3 aliphatic rings. The van der Waals surface area contributed by atoms with Gasteiger partial charge in [0.2, 0.25) is 0 Å². The molecule has 1 unspecified atom stereocenters. The first-order valence-corrected chi connectivity index (χ1v) is 11.7. The number of aliphatic hydroxyl groups excluding tert-OH is 1. The Morgan fingerprint density at radius 3 is 2.74 bits per heavy atom. The average molecular weight is 505 g/mol. The number of anilines is 1. The minimum absolute atomic E-state index is 0.